The number of ketones is 1. The average Bonchev–Trinajstić information content (AvgIpc) is 2.81. The van der Waals surface area contributed by atoms with Crippen LogP contribution in [0.4, 0.5) is 0 Å². The van der Waals surface area contributed by atoms with E-state index < -0.39 is 0 Å². The fraction of sp³-hybridized carbons (Fsp3) is 0.250. The maximum atomic E-state index is 12.9. The van der Waals surface area contributed by atoms with Gasteiger partial charge in [0.25, 0.3) is 5.91 Å². The number of ether oxygens (including phenoxy) is 1. The van der Waals surface area contributed by atoms with Gasteiger partial charge in [0.15, 0.2) is 5.78 Å². The van der Waals surface area contributed by atoms with Crippen LogP contribution in [0.5, 0.6) is 6.01 Å². The quantitative estimate of drug-likeness (QED) is 0.635. The van der Waals surface area contributed by atoms with Crippen LogP contribution >= 0.6 is 0 Å². The number of nitrogens with one attached hydrogen (secondary N) is 1. The van der Waals surface area contributed by atoms with E-state index in [0.717, 1.165) is 25.7 Å². The lowest BCUT2D eigenvalue weighted by Crippen LogP contribution is -2.40. The van der Waals surface area contributed by atoms with Crippen molar-refractivity contribution in [3.05, 3.63) is 89.7 Å². The van der Waals surface area contributed by atoms with E-state index in [4.69, 9.17) is 4.74 Å². The van der Waals surface area contributed by atoms with E-state index in [1.165, 1.54) is 0 Å². The molecule has 1 saturated carbocycles. The van der Waals surface area contributed by atoms with E-state index in [0.29, 0.717) is 22.7 Å². The highest BCUT2D eigenvalue weighted by Gasteiger charge is 2.26. The first-order chi connectivity index (χ1) is 14.7. The van der Waals surface area contributed by atoms with Crippen molar-refractivity contribution in [2.75, 3.05) is 0 Å². The third-order valence-electron chi connectivity index (χ3n) is 5.28. The molecule has 0 saturated heterocycles. The number of benzene rings is 2. The summed E-state index contributed by atoms with van der Waals surface area (Å²) in [5.74, 6) is -0.369. The van der Waals surface area contributed by atoms with Gasteiger partial charge in [0, 0.05) is 29.6 Å². The summed E-state index contributed by atoms with van der Waals surface area (Å²) in [5, 5.41) is 3.09. The Balaban J connectivity index is 1.38. The molecule has 0 spiro atoms. The predicted molar refractivity (Wildman–Crippen MR) is 112 cm³/mol. The summed E-state index contributed by atoms with van der Waals surface area (Å²) in [6.45, 7) is 0. The summed E-state index contributed by atoms with van der Waals surface area (Å²) in [5.41, 5.74) is 1.39. The monoisotopic (exact) mass is 401 g/mol. The van der Waals surface area contributed by atoms with Gasteiger partial charge in [-0.05, 0) is 37.8 Å². The molecular weight excluding hydrogens is 378 g/mol. The van der Waals surface area contributed by atoms with Crippen LogP contribution < -0.4 is 10.1 Å². The van der Waals surface area contributed by atoms with Gasteiger partial charge in [-0.15, -0.1) is 0 Å². The van der Waals surface area contributed by atoms with Crippen molar-refractivity contribution in [3.8, 4) is 6.01 Å². The third kappa shape index (κ3) is 4.71. The highest BCUT2D eigenvalue weighted by atomic mass is 16.5. The minimum absolute atomic E-state index is 0.0486. The Morgan fingerprint density at radius 3 is 2.13 bits per heavy atom. The molecular formula is C24H23N3O3. The van der Waals surface area contributed by atoms with E-state index in [9.17, 15) is 9.59 Å². The third-order valence-corrected chi connectivity index (χ3v) is 5.28. The SMILES string of the molecule is O=C(NC1CCC(Oc2ncccn2)CC1)c1ccccc1C(=O)c1ccccc1. The summed E-state index contributed by atoms with van der Waals surface area (Å²) in [7, 11) is 0. The molecule has 4 rings (SSSR count). The molecule has 152 valence electrons. The first-order valence-corrected chi connectivity index (χ1v) is 10.1. The van der Waals surface area contributed by atoms with Crippen LogP contribution in [-0.4, -0.2) is 33.8 Å². The van der Waals surface area contributed by atoms with Gasteiger partial charge in [0.2, 0.25) is 0 Å². The number of carbonyl (C=O) groups excluding carboxylic acids is 2. The highest BCUT2D eigenvalue weighted by Crippen LogP contribution is 2.23. The highest BCUT2D eigenvalue weighted by molar-refractivity contribution is 6.15. The molecule has 6 heteroatoms. The van der Waals surface area contributed by atoms with Crippen LogP contribution in [0.3, 0.4) is 0 Å². The summed E-state index contributed by atoms with van der Waals surface area (Å²) in [6, 6.07) is 18.2. The van der Waals surface area contributed by atoms with Crippen molar-refractivity contribution in [2.45, 2.75) is 37.8 Å². The Morgan fingerprint density at radius 2 is 1.43 bits per heavy atom. The van der Waals surface area contributed by atoms with Gasteiger partial charge in [-0.2, -0.15) is 0 Å². The van der Waals surface area contributed by atoms with E-state index >= 15 is 0 Å². The molecule has 1 fully saturated rings. The molecule has 0 atom stereocenters. The molecule has 2 aromatic carbocycles. The second-order valence-corrected chi connectivity index (χ2v) is 7.34. The Labute approximate surface area is 175 Å². The smallest absolute Gasteiger partial charge is 0.316 e. The van der Waals surface area contributed by atoms with Crippen LogP contribution in [-0.2, 0) is 0 Å². The Morgan fingerprint density at radius 1 is 0.800 bits per heavy atom. The van der Waals surface area contributed by atoms with Gasteiger partial charge in [0.05, 0.1) is 5.56 Å². The summed E-state index contributed by atoms with van der Waals surface area (Å²) in [4.78, 5) is 34.0. The normalized spacial score (nSPS) is 18.4. The second kappa shape index (κ2) is 9.31. The number of hydrogen-bond donors (Lipinski definition) is 1. The zero-order valence-electron chi connectivity index (χ0n) is 16.5. The van der Waals surface area contributed by atoms with Crippen molar-refractivity contribution in [1.82, 2.24) is 15.3 Å². The van der Waals surface area contributed by atoms with E-state index in [1.54, 1.807) is 54.9 Å². The number of nitrogens with zero attached hydrogens (tertiary/aromatic N) is 2. The molecule has 1 N–H and O–H groups in total. The molecule has 3 aromatic rings. The first-order valence-electron chi connectivity index (χ1n) is 10.1. The average molecular weight is 401 g/mol. The Bertz CT molecular complexity index is 1000. The van der Waals surface area contributed by atoms with Crippen molar-refractivity contribution >= 4 is 11.7 Å². The number of aromatic nitrogens is 2. The lowest BCUT2D eigenvalue weighted by atomic mass is 9.92. The minimum Gasteiger partial charge on any atom is -0.460 e. The molecule has 0 unspecified atom stereocenters. The Hall–Kier alpha value is -3.54. The number of rotatable bonds is 6. The molecule has 0 aliphatic heterocycles. The molecule has 6 nitrogen and oxygen atoms in total. The molecule has 0 bridgehead atoms. The number of carbonyl (C=O) groups is 2. The van der Waals surface area contributed by atoms with Crippen molar-refractivity contribution < 1.29 is 14.3 Å². The largest absolute Gasteiger partial charge is 0.460 e. The fourth-order valence-corrected chi connectivity index (χ4v) is 3.71. The van der Waals surface area contributed by atoms with Crippen molar-refractivity contribution in [2.24, 2.45) is 0 Å². The minimum atomic E-state index is -0.217. The van der Waals surface area contributed by atoms with Gasteiger partial charge in [-0.1, -0.05) is 48.5 Å². The zero-order valence-corrected chi connectivity index (χ0v) is 16.5. The summed E-state index contributed by atoms with van der Waals surface area (Å²) in [6.07, 6.45) is 6.59. The lowest BCUT2D eigenvalue weighted by molar-refractivity contribution is 0.0879. The molecule has 1 aliphatic carbocycles. The number of amides is 1. The van der Waals surface area contributed by atoms with Gasteiger partial charge in [0.1, 0.15) is 6.10 Å². The summed E-state index contributed by atoms with van der Waals surface area (Å²) < 4.78 is 5.81. The molecule has 0 radical (unpaired) electrons. The van der Waals surface area contributed by atoms with Crippen molar-refractivity contribution in [1.29, 1.82) is 0 Å². The van der Waals surface area contributed by atoms with Crippen molar-refractivity contribution in [3.63, 3.8) is 0 Å². The van der Waals surface area contributed by atoms with Gasteiger partial charge >= 0.3 is 6.01 Å². The van der Waals surface area contributed by atoms with E-state index in [1.807, 2.05) is 18.2 Å². The lowest BCUT2D eigenvalue weighted by Gasteiger charge is -2.29. The topological polar surface area (TPSA) is 81.2 Å². The molecule has 1 heterocycles. The van der Waals surface area contributed by atoms with Gasteiger partial charge in [-0.3, -0.25) is 9.59 Å². The predicted octanol–water partition coefficient (Wildman–Crippen LogP) is 3.83. The summed E-state index contributed by atoms with van der Waals surface area (Å²) >= 11 is 0. The van der Waals surface area contributed by atoms with Crippen LogP contribution in [0.15, 0.2) is 73.1 Å². The molecule has 1 aromatic heterocycles. The van der Waals surface area contributed by atoms with Crippen LogP contribution in [0.25, 0.3) is 0 Å². The second-order valence-electron chi connectivity index (χ2n) is 7.34. The molecule has 1 amide bonds. The number of hydrogen-bond acceptors (Lipinski definition) is 5. The van der Waals surface area contributed by atoms with E-state index in [2.05, 4.69) is 15.3 Å². The first kappa shape index (κ1) is 19.8. The maximum absolute atomic E-state index is 12.9. The standard InChI is InChI=1S/C24H23N3O3/c28-22(17-7-2-1-3-8-17)20-9-4-5-10-21(20)23(29)27-18-11-13-19(14-12-18)30-24-25-15-6-16-26-24/h1-10,15-16,18-19H,11-14H2,(H,27,29). The van der Waals surface area contributed by atoms with Gasteiger partial charge in [-0.25, -0.2) is 9.97 Å². The van der Waals surface area contributed by atoms with Gasteiger partial charge < -0.3 is 10.1 Å². The van der Waals surface area contributed by atoms with Crippen LogP contribution in [0, 0.1) is 0 Å². The van der Waals surface area contributed by atoms with Crippen LogP contribution in [0.1, 0.15) is 52.0 Å². The van der Waals surface area contributed by atoms with E-state index in [-0.39, 0.29) is 23.8 Å². The Kier molecular flexibility index (Phi) is 6.13. The fourth-order valence-electron chi connectivity index (χ4n) is 3.71. The molecule has 1 aliphatic rings. The zero-order chi connectivity index (χ0) is 20.8. The van der Waals surface area contributed by atoms with Crippen LogP contribution in [0.2, 0.25) is 0 Å². The molecule has 30 heavy (non-hydrogen) atoms. The maximum Gasteiger partial charge on any atom is 0.316 e.